The second kappa shape index (κ2) is 7.42. The summed E-state index contributed by atoms with van der Waals surface area (Å²) in [6, 6.07) is 9.25. The van der Waals surface area contributed by atoms with Gasteiger partial charge in [-0.1, -0.05) is 29.8 Å². The van der Waals surface area contributed by atoms with Crippen LogP contribution in [0.3, 0.4) is 0 Å². The van der Waals surface area contributed by atoms with E-state index in [1.807, 2.05) is 32.1 Å². The lowest BCUT2D eigenvalue weighted by Crippen LogP contribution is -2.31. The Kier molecular flexibility index (Phi) is 5.23. The normalized spacial score (nSPS) is 20.4. The fraction of sp³-hybridized carbons (Fsp3) is 0.318. The van der Waals surface area contributed by atoms with E-state index in [9.17, 15) is 14.3 Å². The number of carbonyl (C=O) groups is 1. The number of cyclic esters (lactones) is 1. The lowest BCUT2D eigenvalue weighted by molar-refractivity contribution is -0.156. The minimum Gasteiger partial charge on any atom is -0.458 e. The van der Waals surface area contributed by atoms with Gasteiger partial charge in [-0.2, -0.15) is 0 Å². The van der Waals surface area contributed by atoms with Crippen LogP contribution in [0.15, 0.2) is 36.4 Å². The van der Waals surface area contributed by atoms with Gasteiger partial charge >= 0.3 is 5.97 Å². The maximum absolute atomic E-state index is 13.7. The van der Waals surface area contributed by atoms with Crippen molar-refractivity contribution < 1.29 is 19.0 Å². The van der Waals surface area contributed by atoms with Gasteiger partial charge in [0.05, 0.1) is 12.5 Å². The number of carbonyl (C=O) groups excluding carboxylic acids is 1. The summed E-state index contributed by atoms with van der Waals surface area (Å²) in [5, 5.41) is 9.76. The smallest absolute Gasteiger partial charge is 0.309 e. The summed E-state index contributed by atoms with van der Waals surface area (Å²) in [6.45, 7) is 5.80. The predicted molar refractivity (Wildman–Crippen MR) is 100 cm³/mol. The van der Waals surface area contributed by atoms with Gasteiger partial charge in [0.2, 0.25) is 0 Å². The zero-order valence-electron chi connectivity index (χ0n) is 15.3. The molecule has 26 heavy (non-hydrogen) atoms. The fourth-order valence-corrected chi connectivity index (χ4v) is 3.38. The molecule has 1 heterocycles. The number of aryl methyl sites for hydroxylation is 3. The molecular weight excluding hydrogens is 331 g/mol. The van der Waals surface area contributed by atoms with Crippen molar-refractivity contribution in [2.24, 2.45) is 0 Å². The van der Waals surface area contributed by atoms with Crippen molar-refractivity contribution in [3.05, 3.63) is 64.5 Å². The first-order chi connectivity index (χ1) is 12.3. The van der Waals surface area contributed by atoms with Gasteiger partial charge in [-0.25, -0.2) is 4.39 Å². The maximum Gasteiger partial charge on any atom is 0.309 e. The van der Waals surface area contributed by atoms with E-state index in [-0.39, 0.29) is 18.2 Å². The number of hydrogen-bond donors (Lipinski definition) is 1. The highest BCUT2D eigenvalue weighted by molar-refractivity contribution is 5.78. The minimum absolute atomic E-state index is 0.0496. The number of hydrogen-bond acceptors (Lipinski definition) is 3. The quantitative estimate of drug-likeness (QED) is 0.826. The molecule has 1 saturated heterocycles. The lowest BCUT2D eigenvalue weighted by Gasteiger charge is -2.23. The number of esters is 1. The number of benzene rings is 2. The van der Waals surface area contributed by atoms with Crippen LogP contribution in [0.2, 0.25) is 0 Å². The molecule has 0 aromatic heterocycles. The molecule has 1 unspecified atom stereocenters. The summed E-state index contributed by atoms with van der Waals surface area (Å²) < 4.78 is 18.9. The second-order valence-electron chi connectivity index (χ2n) is 6.99. The Hall–Kier alpha value is -2.46. The van der Waals surface area contributed by atoms with Crippen LogP contribution in [0.4, 0.5) is 4.39 Å². The van der Waals surface area contributed by atoms with E-state index in [4.69, 9.17) is 4.74 Å². The average molecular weight is 354 g/mol. The number of rotatable bonds is 3. The van der Waals surface area contributed by atoms with Crippen molar-refractivity contribution in [1.82, 2.24) is 0 Å². The summed E-state index contributed by atoms with van der Waals surface area (Å²) in [5.41, 5.74) is 5.75. The fourth-order valence-electron chi connectivity index (χ4n) is 3.38. The molecule has 3 rings (SSSR count). The topological polar surface area (TPSA) is 46.5 Å². The molecule has 3 nitrogen and oxygen atoms in total. The zero-order chi connectivity index (χ0) is 18.8. The van der Waals surface area contributed by atoms with Crippen LogP contribution in [0.5, 0.6) is 0 Å². The average Bonchev–Trinajstić information content (AvgIpc) is 2.55. The Bertz CT molecular complexity index is 870. The van der Waals surface area contributed by atoms with Crippen LogP contribution in [-0.4, -0.2) is 23.3 Å². The number of ether oxygens (including phenoxy) is 1. The molecule has 1 aliphatic rings. The van der Waals surface area contributed by atoms with Gasteiger partial charge in [0.15, 0.2) is 0 Å². The second-order valence-corrected chi connectivity index (χ2v) is 6.99. The van der Waals surface area contributed by atoms with Crippen LogP contribution in [0.1, 0.15) is 35.1 Å². The Labute approximate surface area is 153 Å². The highest BCUT2D eigenvalue weighted by atomic mass is 19.1. The molecule has 2 atom stereocenters. The summed E-state index contributed by atoms with van der Waals surface area (Å²) in [5.74, 6) is -0.605. The molecular formula is C22H23FO3. The summed E-state index contributed by atoms with van der Waals surface area (Å²) in [7, 11) is 0. The first kappa shape index (κ1) is 18.3. The van der Waals surface area contributed by atoms with Gasteiger partial charge in [-0.05, 0) is 66.8 Å². The maximum atomic E-state index is 13.7. The molecule has 1 N–H and O–H groups in total. The first-order valence-electron chi connectivity index (χ1n) is 8.77. The molecule has 1 aliphatic heterocycles. The van der Waals surface area contributed by atoms with Crippen molar-refractivity contribution >= 4 is 12.0 Å². The van der Waals surface area contributed by atoms with Gasteiger partial charge in [0, 0.05) is 6.42 Å². The van der Waals surface area contributed by atoms with Crippen LogP contribution in [0, 0.1) is 26.6 Å². The van der Waals surface area contributed by atoms with E-state index in [1.54, 1.807) is 13.0 Å². The number of aliphatic hydroxyl groups is 1. The van der Waals surface area contributed by atoms with Crippen LogP contribution in [0.25, 0.3) is 17.2 Å². The molecule has 0 spiro atoms. The Balaban J connectivity index is 1.99. The van der Waals surface area contributed by atoms with Gasteiger partial charge in [0.25, 0.3) is 0 Å². The monoisotopic (exact) mass is 354 g/mol. The number of halogens is 1. The van der Waals surface area contributed by atoms with Crippen LogP contribution in [-0.2, 0) is 9.53 Å². The van der Waals surface area contributed by atoms with Gasteiger partial charge < -0.3 is 9.84 Å². The Morgan fingerprint density at radius 3 is 2.62 bits per heavy atom. The molecule has 0 aliphatic carbocycles. The van der Waals surface area contributed by atoms with Crippen molar-refractivity contribution in [3.8, 4) is 11.1 Å². The minimum atomic E-state index is -0.663. The van der Waals surface area contributed by atoms with Gasteiger partial charge in [-0.3, -0.25) is 4.79 Å². The van der Waals surface area contributed by atoms with Crippen molar-refractivity contribution in [2.75, 3.05) is 0 Å². The third-order valence-electron chi connectivity index (χ3n) is 4.67. The molecule has 2 aromatic rings. The van der Waals surface area contributed by atoms with E-state index in [0.717, 1.165) is 27.8 Å². The van der Waals surface area contributed by atoms with E-state index >= 15 is 0 Å². The van der Waals surface area contributed by atoms with Gasteiger partial charge in [-0.15, -0.1) is 0 Å². The van der Waals surface area contributed by atoms with E-state index in [2.05, 4.69) is 12.1 Å². The zero-order valence-corrected chi connectivity index (χ0v) is 15.3. The predicted octanol–water partition coefficient (Wildman–Crippen LogP) is 4.50. The summed E-state index contributed by atoms with van der Waals surface area (Å²) >= 11 is 0. The molecule has 0 bridgehead atoms. The summed E-state index contributed by atoms with van der Waals surface area (Å²) in [6.07, 6.45) is 3.10. The van der Waals surface area contributed by atoms with Crippen molar-refractivity contribution in [3.63, 3.8) is 0 Å². The lowest BCUT2D eigenvalue weighted by atomic mass is 9.92. The van der Waals surface area contributed by atoms with E-state index < -0.39 is 12.2 Å². The Morgan fingerprint density at radius 2 is 1.92 bits per heavy atom. The molecule has 0 radical (unpaired) electrons. The summed E-state index contributed by atoms with van der Waals surface area (Å²) in [4.78, 5) is 11.5. The highest BCUT2D eigenvalue weighted by Gasteiger charge is 2.25. The molecule has 0 amide bonds. The molecule has 1 fully saturated rings. The first-order valence-corrected chi connectivity index (χ1v) is 8.77. The molecule has 0 saturated carbocycles. The van der Waals surface area contributed by atoms with Crippen LogP contribution < -0.4 is 0 Å². The highest BCUT2D eigenvalue weighted by Crippen LogP contribution is 2.31. The van der Waals surface area contributed by atoms with E-state index in [0.29, 0.717) is 12.0 Å². The number of aliphatic hydroxyl groups excluding tert-OH is 1. The molecule has 4 heteroatoms. The van der Waals surface area contributed by atoms with Crippen molar-refractivity contribution in [1.29, 1.82) is 0 Å². The standard InChI is InChI=1S/C22H23FO3/c1-13-8-14(2)19(6-5-18-11-17(24)12-22(25)26-18)20(9-13)16-4-7-21(23)15(3)10-16/h4-10,17-18,24H,11-12H2,1-3H3/b6-5+/t17-,18?/m1/s1. The van der Waals surface area contributed by atoms with Crippen LogP contribution >= 0.6 is 0 Å². The molecule has 136 valence electrons. The third kappa shape index (κ3) is 4.02. The Morgan fingerprint density at radius 1 is 1.15 bits per heavy atom. The molecule has 2 aromatic carbocycles. The SMILES string of the molecule is Cc1cc(C)c(/C=C/C2C[C@@H](O)CC(=O)O2)c(-c2ccc(F)c(C)c2)c1. The van der Waals surface area contributed by atoms with Crippen molar-refractivity contribution in [2.45, 2.75) is 45.8 Å². The third-order valence-corrected chi connectivity index (χ3v) is 4.67. The van der Waals surface area contributed by atoms with E-state index in [1.165, 1.54) is 6.07 Å². The largest absolute Gasteiger partial charge is 0.458 e. The van der Waals surface area contributed by atoms with Gasteiger partial charge in [0.1, 0.15) is 11.9 Å².